The molecule has 0 saturated carbocycles. The van der Waals surface area contributed by atoms with Crippen molar-refractivity contribution in [3.05, 3.63) is 11.9 Å². The van der Waals surface area contributed by atoms with Gasteiger partial charge in [0, 0.05) is 12.5 Å². The minimum absolute atomic E-state index is 0.232. The molecule has 5 heteroatoms. The Morgan fingerprint density at radius 1 is 1.69 bits per heavy atom. The molecule has 0 aromatic heterocycles. The highest BCUT2D eigenvalue weighted by Gasteiger charge is 2.40. The molecule has 5 nitrogen and oxygen atoms in total. The summed E-state index contributed by atoms with van der Waals surface area (Å²) in [5, 5.41) is 3.00. The van der Waals surface area contributed by atoms with Crippen LogP contribution in [0.4, 0.5) is 0 Å². The van der Waals surface area contributed by atoms with Crippen LogP contribution >= 0.6 is 0 Å². The summed E-state index contributed by atoms with van der Waals surface area (Å²) < 4.78 is 5.28. The van der Waals surface area contributed by atoms with Gasteiger partial charge in [-0.1, -0.05) is 0 Å². The van der Waals surface area contributed by atoms with Crippen molar-refractivity contribution in [1.29, 1.82) is 0 Å². The topological polar surface area (TPSA) is 85.7 Å². The van der Waals surface area contributed by atoms with E-state index in [9.17, 15) is 0 Å². The van der Waals surface area contributed by atoms with E-state index in [0.717, 1.165) is 13.0 Å². The fourth-order valence-electron chi connectivity index (χ4n) is 1.70. The predicted octanol–water partition coefficient (Wildman–Crippen LogP) is -0.891. The zero-order chi connectivity index (χ0) is 9.31. The molecule has 0 amide bonds. The normalized spacial score (nSPS) is 38.5. The summed E-state index contributed by atoms with van der Waals surface area (Å²) in [6.45, 7) is 1.42. The van der Waals surface area contributed by atoms with Gasteiger partial charge >= 0.3 is 0 Å². The molecule has 0 aliphatic carbocycles. The summed E-state index contributed by atoms with van der Waals surface area (Å²) >= 11 is 0. The van der Waals surface area contributed by atoms with E-state index in [2.05, 4.69) is 10.3 Å². The lowest BCUT2D eigenvalue weighted by Gasteiger charge is -2.36. The first kappa shape index (κ1) is 8.52. The first-order valence-electron chi connectivity index (χ1n) is 4.35. The molecule has 13 heavy (non-hydrogen) atoms. The average molecular weight is 182 g/mol. The zero-order valence-electron chi connectivity index (χ0n) is 7.36. The van der Waals surface area contributed by atoms with E-state index in [-0.39, 0.29) is 5.92 Å². The maximum Gasteiger partial charge on any atom is 0.134 e. The van der Waals surface area contributed by atoms with Gasteiger partial charge in [0.2, 0.25) is 0 Å². The van der Waals surface area contributed by atoms with E-state index >= 15 is 0 Å². The van der Waals surface area contributed by atoms with Gasteiger partial charge in [0.1, 0.15) is 5.66 Å². The van der Waals surface area contributed by atoms with Gasteiger partial charge in [-0.25, -0.2) is 4.99 Å². The van der Waals surface area contributed by atoms with Gasteiger partial charge in [-0.15, -0.1) is 0 Å². The van der Waals surface area contributed by atoms with E-state index in [4.69, 9.17) is 16.2 Å². The monoisotopic (exact) mass is 182 g/mol. The highest BCUT2D eigenvalue weighted by atomic mass is 16.5. The molecule has 2 aliphatic heterocycles. The van der Waals surface area contributed by atoms with Crippen molar-refractivity contribution in [2.45, 2.75) is 12.1 Å². The molecule has 0 spiro atoms. The molecule has 72 valence electrons. The lowest BCUT2D eigenvalue weighted by molar-refractivity contribution is 0.166. The third-order valence-electron chi connectivity index (χ3n) is 2.64. The molecular weight excluding hydrogens is 168 g/mol. The van der Waals surface area contributed by atoms with Crippen molar-refractivity contribution < 1.29 is 4.74 Å². The van der Waals surface area contributed by atoms with Gasteiger partial charge in [0.15, 0.2) is 0 Å². The molecule has 1 saturated heterocycles. The molecule has 0 aromatic rings. The maximum atomic E-state index is 6.13. The Labute approximate surface area is 76.8 Å². The second-order valence-corrected chi connectivity index (χ2v) is 3.44. The van der Waals surface area contributed by atoms with Gasteiger partial charge in [0.05, 0.1) is 24.8 Å². The van der Waals surface area contributed by atoms with Crippen molar-refractivity contribution in [3.8, 4) is 0 Å². The van der Waals surface area contributed by atoms with Crippen LogP contribution in [0.3, 0.4) is 0 Å². The van der Waals surface area contributed by atoms with Gasteiger partial charge < -0.3 is 21.5 Å². The Bertz CT molecular complexity index is 257. The third-order valence-corrected chi connectivity index (χ3v) is 2.64. The Balaban J connectivity index is 2.19. The Morgan fingerprint density at radius 2 is 2.54 bits per heavy atom. The van der Waals surface area contributed by atoms with Crippen LogP contribution in [0.5, 0.6) is 0 Å². The van der Waals surface area contributed by atoms with E-state index < -0.39 is 5.66 Å². The fraction of sp³-hybridized carbons (Fsp3) is 0.625. The standard InChI is InChI=1S/C8H14N4O/c9-7-3-11-5-12-8(7,10)6-1-2-13-4-6/h3,5-6H,1-2,4,9-10H2,(H,11,12)/t6?,8-/m1/s1. The molecule has 1 unspecified atom stereocenters. The number of ether oxygens (including phenoxy) is 1. The summed E-state index contributed by atoms with van der Waals surface area (Å²) in [6, 6.07) is 0. The zero-order valence-corrected chi connectivity index (χ0v) is 7.36. The second kappa shape index (κ2) is 3.01. The van der Waals surface area contributed by atoms with E-state index in [1.54, 1.807) is 12.5 Å². The minimum Gasteiger partial charge on any atom is -0.398 e. The van der Waals surface area contributed by atoms with Crippen LogP contribution in [0.15, 0.2) is 16.9 Å². The molecule has 2 rings (SSSR count). The third kappa shape index (κ3) is 1.30. The van der Waals surface area contributed by atoms with E-state index in [0.29, 0.717) is 12.3 Å². The first-order chi connectivity index (χ1) is 6.23. The number of nitrogens with zero attached hydrogens (tertiary/aromatic N) is 1. The Morgan fingerprint density at radius 3 is 3.15 bits per heavy atom. The fourth-order valence-corrected chi connectivity index (χ4v) is 1.70. The minimum atomic E-state index is -0.668. The predicted molar refractivity (Wildman–Crippen MR) is 49.7 cm³/mol. The van der Waals surface area contributed by atoms with Crippen molar-refractivity contribution >= 4 is 6.34 Å². The lowest BCUT2D eigenvalue weighted by atomic mass is 9.89. The van der Waals surface area contributed by atoms with Gasteiger partial charge in [-0.2, -0.15) is 0 Å². The number of nitrogens with two attached hydrogens (primary N) is 2. The number of aliphatic imine (C=N–C) groups is 1. The van der Waals surface area contributed by atoms with Crippen LogP contribution in [0.2, 0.25) is 0 Å². The molecule has 2 aliphatic rings. The average Bonchev–Trinajstić information content (AvgIpc) is 2.63. The number of hydrogen-bond donors (Lipinski definition) is 3. The van der Waals surface area contributed by atoms with Crippen molar-refractivity contribution in [2.24, 2.45) is 22.4 Å². The molecule has 0 bridgehead atoms. The lowest BCUT2D eigenvalue weighted by Crippen LogP contribution is -2.62. The van der Waals surface area contributed by atoms with Crippen molar-refractivity contribution in [2.75, 3.05) is 13.2 Å². The van der Waals surface area contributed by atoms with Crippen LogP contribution in [-0.4, -0.2) is 25.2 Å². The van der Waals surface area contributed by atoms with Crippen molar-refractivity contribution in [1.82, 2.24) is 5.32 Å². The van der Waals surface area contributed by atoms with Crippen LogP contribution < -0.4 is 16.8 Å². The van der Waals surface area contributed by atoms with Crippen LogP contribution in [-0.2, 0) is 4.74 Å². The largest absolute Gasteiger partial charge is 0.398 e. The van der Waals surface area contributed by atoms with Gasteiger partial charge in [0.25, 0.3) is 0 Å². The number of nitrogens with one attached hydrogen (secondary N) is 1. The van der Waals surface area contributed by atoms with Gasteiger partial charge in [-0.3, -0.25) is 0 Å². The second-order valence-electron chi connectivity index (χ2n) is 3.44. The molecule has 1 fully saturated rings. The van der Waals surface area contributed by atoms with Crippen LogP contribution in [0.1, 0.15) is 6.42 Å². The van der Waals surface area contributed by atoms with Gasteiger partial charge in [-0.05, 0) is 6.42 Å². The summed E-state index contributed by atoms with van der Waals surface area (Å²) in [5.74, 6) is 0.232. The van der Waals surface area contributed by atoms with E-state index in [1.807, 2.05) is 0 Å². The number of rotatable bonds is 1. The van der Waals surface area contributed by atoms with Crippen molar-refractivity contribution in [3.63, 3.8) is 0 Å². The summed E-state index contributed by atoms with van der Waals surface area (Å²) in [4.78, 5) is 3.88. The highest BCUT2D eigenvalue weighted by Crippen LogP contribution is 2.26. The SMILES string of the molecule is NC1=CN=CN[C@]1(N)C1CCOC1. The first-order valence-corrected chi connectivity index (χ1v) is 4.35. The highest BCUT2D eigenvalue weighted by molar-refractivity contribution is 5.60. The smallest absolute Gasteiger partial charge is 0.134 e. The summed E-state index contributed by atoms with van der Waals surface area (Å²) in [5.41, 5.74) is 11.8. The van der Waals surface area contributed by atoms with E-state index in [1.165, 1.54) is 0 Å². The molecule has 2 heterocycles. The number of hydrogen-bond acceptors (Lipinski definition) is 5. The summed E-state index contributed by atoms with van der Waals surface area (Å²) in [7, 11) is 0. The quantitative estimate of drug-likeness (QED) is 0.491. The molecule has 2 atom stereocenters. The molecule has 0 aromatic carbocycles. The van der Waals surface area contributed by atoms with Crippen LogP contribution in [0.25, 0.3) is 0 Å². The Hall–Kier alpha value is -1.07. The van der Waals surface area contributed by atoms with Crippen LogP contribution in [0, 0.1) is 5.92 Å². The molecule has 5 N–H and O–H groups in total. The Kier molecular flexibility index (Phi) is 1.97. The molecule has 0 radical (unpaired) electrons. The maximum absolute atomic E-state index is 6.13. The molecular formula is C8H14N4O. The summed E-state index contributed by atoms with van der Waals surface area (Å²) in [6.07, 6.45) is 4.11.